The van der Waals surface area contributed by atoms with E-state index in [1.54, 1.807) is 0 Å². The van der Waals surface area contributed by atoms with Gasteiger partial charge in [0, 0.05) is 39.9 Å². The van der Waals surface area contributed by atoms with Crippen LogP contribution in [0.5, 0.6) is 5.75 Å². The Kier molecular flexibility index (Phi) is 6.78. The summed E-state index contributed by atoms with van der Waals surface area (Å²) in [5, 5.41) is 10.2. The highest BCUT2D eigenvalue weighted by Crippen LogP contribution is 2.45. The Balaban J connectivity index is 2.35. The average molecular weight is 448 g/mol. The van der Waals surface area contributed by atoms with E-state index in [0.717, 1.165) is 45.3 Å². The van der Waals surface area contributed by atoms with Gasteiger partial charge in [-0.3, -0.25) is 0 Å². The second-order valence-corrected chi connectivity index (χ2v) is 10.9. The molecule has 0 unspecified atom stereocenters. The maximum absolute atomic E-state index is 11.2. The van der Waals surface area contributed by atoms with Crippen LogP contribution in [-0.4, -0.2) is 22.7 Å². The Morgan fingerprint density at radius 2 is 1.73 bits per heavy atom. The minimum absolute atomic E-state index is 0.0177. The number of aliphatic carboxylic acids is 1. The Morgan fingerprint density at radius 3 is 2.30 bits per heavy atom. The smallest absolute Gasteiger partial charge is 0.328 e. The fourth-order valence-electron chi connectivity index (χ4n) is 4.04. The molecule has 1 heterocycles. The van der Waals surface area contributed by atoms with Gasteiger partial charge >= 0.3 is 5.97 Å². The van der Waals surface area contributed by atoms with Crippen LogP contribution in [-0.2, 0) is 15.6 Å². The Bertz CT molecular complexity index is 1200. The summed E-state index contributed by atoms with van der Waals surface area (Å²) in [4.78, 5) is 14.6. The third kappa shape index (κ3) is 5.32. The summed E-state index contributed by atoms with van der Waals surface area (Å²) < 4.78 is 6.41. The van der Waals surface area contributed by atoms with Crippen LogP contribution in [0.2, 0.25) is 0 Å². The molecule has 1 aromatic heterocycles. The van der Waals surface area contributed by atoms with E-state index >= 15 is 0 Å². The summed E-state index contributed by atoms with van der Waals surface area (Å²) in [7, 11) is 0. The van der Waals surface area contributed by atoms with Crippen LogP contribution in [0.3, 0.4) is 0 Å². The van der Waals surface area contributed by atoms with Crippen molar-refractivity contribution in [2.75, 3.05) is 6.61 Å². The molecule has 0 spiro atoms. The second kappa shape index (κ2) is 9.09. The van der Waals surface area contributed by atoms with Gasteiger partial charge in [0.15, 0.2) is 0 Å². The number of carboxylic acid groups (broad SMARTS) is 1. The van der Waals surface area contributed by atoms with Crippen molar-refractivity contribution >= 4 is 22.4 Å². The van der Waals surface area contributed by atoms with Crippen molar-refractivity contribution in [1.29, 1.82) is 0 Å². The van der Waals surface area contributed by atoms with Gasteiger partial charge in [-0.2, -0.15) is 0 Å². The van der Waals surface area contributed by atoms with Gasteiger partial charge in [0.2, 0.25) is 0 Å². The molecule has 0 saturated carbocycles. The third-order valence-electron chi connectivity index (χ3n) is 5.98. The maximum atomic E-state index is 11.2. The van der Waals surface area contributed by atoms with Gasteiger partial charge in [0.25, 0.3) is 0 Å². The van der Waals surface area contributed by atoms with E-state index in [9.17, 15) is 9.90 Å². The summed E-state index contributed by atoms with van der Waals surface area (Å²) in [5.74, 6) is -0.00806. The van der Waals surface area contributed by atoms with Crippen molar-refractivity contribution in [3.8, 4) is 16.9 Å². The van der Waals surface area contributed by atoms with Crippen LogP contribution in [0.4, 0.5) is 0 Å². The van der Waals surface area contributed by atoms with Crippen molar-refractivity contribution in [3.63, 3.8) is 0 Å². The lowest BCUT2D eigenvalue weighted by atomic mass is 9.78. The SMILES string of the molecule is CCCOc1c(-c2c[nH]c3ccc(/C(C)=C\C(=O)O)cc23)cc(C(C)(C)C)cc1C(C)(C)C. The van der Waals surface area contributed by atoms with E-state index in [1.165, 1.54) is 17.2 Å². The molecular weight excluding hydrogens is 410 g/mol. The van der Waals surface area contributed by atoms with Crippen LogP contribution < -0.4 is 4.74 Å². The molecule has 0 bridgehead atoms. The molecule has 0 fully saturated rings. The lowest BCUT2D eigenvalue weighted by molar-refractivity contribution is -0.131. The van der Waals surface area contributed by atoms with E-state index in [2.05, 4.69) is 71.6 Å². The highest BCUT2D eigenvalue weighted by molar-refractivity contribution is 6.00. The Morgan fingerprint density at radius 1 is 1.03 bits per heavy atom. The lowest BCUT2D eigenvalue weighted by Crippen LogP contribution is -2.18. The molecule has 0 atom stereocenters. The van der Waals surface area contributed by atoms with Gasteiger partial charge < -0.3 is 14.8 Å². The van der Waals surface area contributed by atoms with Crippen LogP contribution in [0.1, 0.15) is 78.5 Å². The molecule has 3 rings (SSSR count). The quantitative estimate of drug-likeness (QED) is 0.380. The number of aromatic nitrogens is 1. The van der Waals surface area contributed by atoms with E-state index in [0.29, 0.717) is 6.61 Å². The van der Waals surface area contributed by atoms with Crippen LogP contribution >= 0.6 is 0 Å². The van der Waals surface area contributed by atoms with E-state index in [4.69, 9.17) is 4.74 Å². The molecule has 0 amide bonds. The maximum Gasteiger partial charge on any atom is 0.328 e. The summed E-state index contributed by atoms with van der Waals surface area (Å²) in [6, 6.07) is 10.6. The van der Waals surface area contributed by atoms with Gasteiger partial charge in [0.1, 0.15) is 5.75 Å². The van der Waals surface area contributed by atoms with Gasteiger partial charge in [-0.1, -0.05) is 60.6 Å². The molecular formula is C29H37NO3. The molecule has 33 heavy (non-hydrogen) atoms. The normalized spacial score (nSPS) is 12.9. The van der Waals surface area contributed by atoms with E-state index in [1.807, 2.05) is 25.3 Å². The number of carboxylic acids is 1. The van der Waals surface area contributed by atoms with Gasteiger partial charge in [-0.15, -0.1) is 0 Å². The van der Waals surface area contributed by atoms with Crippen LogP contribution in [0, 0.1) is 0 Å². The molecule has 0 aliphatic heterocycles. The number of aromatic amines is 1. The monoisotopic (exact) mass is 447 g/mol. The number of benzene rings is 2. The topological polar surface area (TPSA) is 62.3 Å². The number of hydrogen-bond donors (Lipinski definition) is 2. The molecule has 4 nitrogen and oxygen atoms in total. The molecule has 2 N–H and O–H groups in total. The fourth-order valence-corrected chi connectivity index (χ4v) is 4.04. The van der Waals surface area contributed by atoms with Crippen molar-refractivity contribution in [2.24, 2.45) is 0 Å². The van der Waals surface area contributed by atoms with Crippen molar-refractivity contribution < 1.29 is 14.6 Å². The standard InChI is InChI=1S/C29H37NO3/c1-9-12-33-27-22(15-20(28(3,4)5)16-24(27)29(6,7)8)23-17-30-25-11-10-19(14-21(23)25)18(2)13-26(31)32/h10-11,13-17,30H,9,12H2,1-8H3,(H,31,32)/b18-13-. The summed E-state index contributed by atoms with van der Waals surface area (Å²) in [5.41, 5.74) is 7.12. The number of nitrogens with one attached hydrogen (secondary N) is 1. The zero-order valence-electron chi connectivity index (χ0n) is 21.2. The first-order chi connectivity index (χ1) is 15.3. The Labute approximate surface area is 197 Å². The zero-order valence-corrected chi connectivity index (χ0v) is 21.2. The van der Waals surface area contributed by atoms with Gasteiger partial charge in [0.05, 0.1) is 6.61 Å². The molecule has 3 aromatic rings. The number of H-pyrrole nitrogens is 1. The molecule has 4 heteroatoms. The third-order valence-corrected chi connectivity index (χ3v) is 5.98. The lowest BCUT2D eigenvalue weighted by Gasteiger charge is -2.29. The first-order valence-electron chi connectivity index (χ1n) is 11.7. The first kappa shape index (κ1) is 24.6. The largest absolute Gasteiger partial charge is 0.493 e. The average Bonchev–Trinajstić information content (AvgIpc) is 3.12. The number of allylic oxidation sites excluding steroid dienone is 1. The molecule has 2 aromatic carbocycles. The van der Waals surface area contributed by atoms with E-state index in [-0.39, 0.29) is 10.8 Å². The fraction of sp³-hybridized carbons (Fsp3) is 0.414. The predicted molar refractivity (Wildman–Crippen MR) is 138 cm³/mol. The van der Waals surface area contributed by atoms with Crippen molar-refractivity contribution in [3.05, 3.63) is 59.3 Å². The molecule has 0 radical (unpaired) electrons. The first-order valence-corrected chi connectivity index (χ1v) is 11.7. The highest BCUT2D eigenvalue weighted by Gasteiger charge is 2.27. The van der Waals surface area contributed by atoms with E-state index < -0.39 is 5.97 Å². The molecule has 0 saturated heterocycles. The van der Waals surface area contributed by atoms with Gasteiger partial charge in [-0.05, 0) is 59.1 Å². The van der Waals surface area contributed by atoms with Crippen LogP contribution in [0.25, 0.3) is 27.6 Å². The summed E-state index contributed by atoms with van der Waals surface area (Å²) in [6.45, 7) is 18.0. The number of ether oxygens (including phenoxy) is 1. The molecule has 176 valence electrons. The summed E-state index contributed by atoms with van der Waals surface area (Å²) >= 11 is 0. The number of carbonyl (C=O) groups is 1. The van der Waals surface area contributed by atoms with Crippen molar-refractivity contribution in [1.82, 2.24) is 4.98 Å². The minimum atomic E-state index is -0.940. The zero-order chi connectivity index (χ0) is 24.6. The Hall–Kier alpha value is -3.01. The second-order valence-electron chi connectivity index (χ2n) is 10.9. The van der Waals surface area contributed by atoms with Crippen molar-refractivity contribution in [2.45, 2.75) is 72.6 Å². The summed E-state index contributed by atoms with van der Waals surface area (Å²) in [6.07, 6.45) is 4.22. The number of fused-ring (bicyclic) bond motifs is 1. The van der Waals surface area contributed by atoms with Gasteiger partial charge in [-0.25, -0.2) is 4.79 Å². The highest BCUT2D eigenvalue weighted by atomic mass is 16.5. The molecule has 0 aliphatic rings. The molecule has 0 aliphatic carbocycles. The minimum Gasteiger partial charge on any atom is -0.493 e. The number of hydrogen-bond acceptors (Lipinski definition) is 2. The predicted octanol–water partition coefficient (Wildman–Crippen LogP) is 7.71. The number of rotatable bonds is 6. The van der Waals surface area contributed by atoms with Crippen LogP contribution in [0.15, 0.2) is 42.6 Å².